The molecular weight excluding hydrogens is 235 g/mol. The highest BCUT2D eigenvalue weighted by atomic mass is 19.1. The number of hydrogen-bond donors (Lipinski definition) is 1. The van der Waals surface area contributed by atoms with Crippen LogP contribution in [0.4, 0.5) is 4.39 Å². The van der Waals surface area contributed by atoms with E-state index in [-0.39, 0.29) is 17.5 Å². The molecule has 100 valence electrons. The van der Waals surface area contributed by atoms with Gasteiger partial charge in [0, 0.05) is 31.6 Å². The lowest BCUT2D eigenvalue weighted by molar-refractivity contribution is -0.0312. The van der Waals surface area contributed by atoms with Crippen LogP contribution in [-0.4, -0.2) is 23.9 Å². The maximum absolute atomic E-state index is 13.2. The van der Waals surface area contributed by atoms with E-state index < -0.39 is 6.10 Å². The van der Waals surface area contributed by atoms with Crippen molar-refractivity contribution in [1.82, 2.24) is 0 Å². The third-order valence-corrected chi connectivity index (χ3v) is 3.39. The molecule has 0 saturated carbocycles. The highest BCUT2D eigenvalue weighted by Gasteiger charge is 2.31. The van der Waals surface area contributed by atoms with Crippen molar-refractivity contribution in [3.63, 3.8) is 0 Å². The fourth-order valence-electron chi connectivity index (χ4n) is 2.25. The van der Waals surface area contributed by atoms with Gasteiger partial charge in [0.25, 0.3) is 0 Å². The minimum absolute atomic E-state index is 0.163. The van der Waals surface area contributed by atoms with Crippen LogP contribution in [0, 0.1) is 5.82 Å². The molecule has 0 amide bonds. The number of aliphatic hydroxyl groups excluding tert-OH is 1. The lowest BCUT2D eigenvalue weighted by Gasteiger charge is -2.34. The Balaban J connectivity index is 2.17. The molecule has 2 unspecified atom stereocenters. The molecule has 1 N–H and O–H groups in total. The summed E-state index contributed by atoms with van der Waals surface area (Å²) in [5.41, 5.74) is 0.331. The van der Waals surface area contributed by atoms with E-state index in [1.807, 2.05) is 13.8 Å². The fourth-order valence-corrected chi connectivity index (χ4v) is 2.25. The van der Waals surface area contributed by atoms with E-state index in [9.17, 15) is 9.50 Å². The molecule has 0 saturated heterocycles. The van der Waals surface area contributed by atoms with Gasteiger partial charge in [-0.25, -0.2) is 4.39 Å². The number of halogens is 1. The number of methoxy groups -OCH3 is 1. The maximum atomic E-state index is 13.2. The van der Waals surface area contributed by atoms with Crippen LogP contribution in [0.5, 0.6) is 5.75 Å². The molecule has 0 aliphatic carbocycles. The first kappa shape index (κ1) is 13.3. The van der Waals surface area contributed by atoms with Crippen LogP contribution in [0.2, 0.25) is 0 Å². The second kappa shape index (κ2) is 4.86. The predicted octanol–water partition coefficient (Wildman–Crippen LogP) is 2.83. The zero-order chi connectivity index (χ0) is 13.3. The van der Waals surface area contributed by atoms with Crippen LogP contribution >= 0.6 is 0 Å². The Kier molecular flexibility index (Phi) is 3.59. The number of rotatable bonds is 3. The molecule has 0 radical (unpaired) electrons. The van der Waals surface area contributed by atoms with Crippen molar-refractivity contribution in [2.24, 2.45) is 0 Å². The smallest absolute Gasteiger partial charge is 0.128 e. The van der Waals surface area contributed by atoms with Gasteiger partial charge in [0.2, 0.25) is 0 Å². The summed E-state index contributed by atoms with van der Waals surface area (Å²) in [5.74, 6) is 0.0817. The molecule has 4 heteroatoms. The topological polar surface area (TPSA) is 38.7 Å². The number of ether oxygens (including phenoxy) is 2. The van der Waals surface area contributed by atoms with Gasteiger partial charge in [0.05, 0.1) is 11.7 Å². The number of benzene rings is 1. The molecule has 2 atom stereocenters. The first-order chi connectivity index (χ1) is 8.41. The van der Waals surface area contributed by atoms with Gasteiger partial charge >= 0.3 is 0 Å². The molecule has 0 bridgehead atoms. The number of fused-ring (bicyclic) bond motifs is 1. The highest BCUT2D eigenvalue weighted by molar-refractivity contribution is 5.37. The zero-order valence-electron chi connectivity index (χ0n) is 10.9. The Bertz CT molecular complexity index is 431. The summed E-state index contributed by atoms with van der Waals surface area (Å²) < 4.78 is 24.3. The summed E-state index contributed by atoms with van der Waals surface area (Å²) in [6.45, 7) is 3.92. The van der Waals surface area contributed by atoms with E-state index in [1.165, 1.54) is 12.1 Å². The Morgan fingerprint density at radius 1 is 1.50 bits per heavy atom. The second-order valence-corrected chi connectivity index (χ2v) is 5.34. The molecule has 0 spiro atoms. The molecule has 0 aromatic heterocycles. The van der Waals surface area contributed by atoms with Crippen LogP contribution < -0.4 is 4.74 Å². The summed E-state index contributed by atoms with van der Waals surface area (Å²) in [6, 6.07) is 4.24. The Labute approximate surface area is 107 Å². The van der Waals surface area contributed by atoms with Crippen LogP contribution in [0.1, 0.15) is 38.4 Å². The molecule has 18 heavy (non-hydrogen) atoms. The summed E-state index contributed by atoms with van der Waals surface area (Å²) in [5, 5.41) is 10.0. The third kappa shape index (κ3) is 2.82. The third-order valence-electron chi connectivity index (χ3n) is 3.39. The van der Waals surface area contributed by atoms with Gasteiger partial charge in [0.15, 0.2) is 0 Å². The molecular formula is C14H19FO3. The Morgan fingerprint density at radius 2 is 2.22 bits per heavy atom. The lowest BCUT2D eigenvalue weighted by atomic mass is 9.92. The molecule has 2 rings (SSSR count). The molecule has 3 nitrogen and oxygen atoms in total. The quantitative estimate of drug-likeness (QED) is 0.901. The van der Waals surface area contributed by atoms with Crippen molar-refractivity contribution in [3.8, 4) is 5.75 Å². The van der Waals surface area contributed by atoms with Gasteiger partial charge in [-0.3, -0.25) is 0 Å². The van der Waals surface area contributed by atoms with Gasteiger partial charge in [-0.1, -0.05) is 0 Å². The fraction of sp³-hybridized carbons (Fsp3) is 0.571. The SMILES string of the molecule is COC(C)(C)CC1CC(O)c2ccc(F)cc2O1. The van der Waals surface area contributed by atoms with Crippen molar-refractivity contribution >= 4 is 0 Å². The molecule has 0 fully saturated rings. The van der Waals surface area contributed by atoms with E-state index in [1.54, 1.807) is 13.2 Å². The Morgan fingerprint density at radius 3 is 2.89 bits per heavy atom. The Hall–Kier alpha value is -1.13. The normalized spacial score (nSPS) is 23.4. The molecule has 1 heterocycles. The van der Waals surface area contributed by atoms with Gasteiger partial charge < -0.3 is 14.6 Å². The lowest BCUT2D eigenvalue weighted by Crippen LogP contribution is -2.35. The van der Waals surface area contributed by atoms with Crippen molar-refractivity contribution in [2.75, 3.05) is 7.11 Å². The first-order valence-corrected chi connectivity index (χ1v) is 6.10. The van der Waals surface area contributed by atoms with E-state index in [4.69, 9.17) is 9.47 Å². The largest absolute Gasteiger partial charge is 0.490 e. The maximum Gasteiger partial charge on any atom is 0.128 e. The van der Waals surface area contributed by atoms with Gasteiger partial charge in [-0.2, -0.15) is 0 Å². The summed E-state index contributed by atoms with van der Waals surface area (Å²) in [4.78, 5) is 0. The van der Waals surface area contributed by atoms with E-state index in [2.05, 4.69) is 0 Å². The predicted molar refractivity (Wildman–Crippen MR) is 66.1 cm³/mol. The summed E-state index contributed by atoms with van der Waals surface area (Å²) in [6.07, 6.45) is 0.387. The molecule has 1 aromatic carbocycles. The second-order valence-electron chi connectivity index (χ2n) is 5.34. The van der Waals surface area contributed by atoms with E-state index in [0.717, 1.165) is 0 Å². The minimum atomic E-state index is -0.605. The summed E-state index contributed by atoms with van der Waals surface area (Å²) >= 11 is 0. The van der Waals surface area contributed by atoms with Crippen molar-refractivity contribution in [2.45, 2.75) is 44.5 Å². The van der Waals surface area contributed by atoms with Gasteiger partial charge in [-0.05, 0) is 26.0 Å². The number of hydrogen-bond acceptors (Lipinski definition) is 3. The van der Waals surface area contributed by atoms with E-state index >= 15 is 0 Å². The summed E-state index contributed by atoms with van der Waals surface area (Å²) in [7, 11) is 1.65. The molecule has 1 aliphatic rings. The molecule has 1 aromatic rings. The monoisotopic (exact) mass is 254 g/mol. The average molecular weight is 254 g/mol. The molecule has 1 aliphatic heterocycles. The number of aliphatic hydroxyl groups is 1. The zero-order valence-corrected chi connectivity index (χ0v) is 10.9. The van der Waals surface area contributed by atoms with Crippen LogP contribution in [0.25, 0.3) is 0 Å². The first-order valence-electron chi connectivity index (χ1n) is 6.10. The standard InChI is InChI=1S/C14H19FO3/c1-14(2,17-3)8-10-7-12(16)11-5-4-9(15)6-13(11)18-10/h4-6,10,12,16H,7-8H2,1-3H3. The van der Waals surface area contributed by atoms with E-state index in [0.29, 0.717) is 24.2 Å². The van der Waals surface area contributed by atoms with Crippen LogP contribution in [-0.2, 0) is 4.74 Å². The van der Waals surface area contributed by atoms with Crippen molar-refractivity contribution in [1.29, 1.82) is 0 Å². The van der Waals surface area contributed by atoms with Gasteiger partial charge in [0.1, 0.15) is 17.7 Å². The van der Waals surface area contributed by atoms with Crippen LogP contribution in [0.3, 0.4) is 0 Å². The minimum Gasteiger partial charge on any atom is -0.490 e. The van der Waals surface area contributed by atoms with Crippen molar-refractivity contribution in [3.05, 3.63) is 29.6 Å². The van der Waals surface area contributed by atoms with Crippen LogP contribution in [0.15, 0.2) is 18.2 Å². The van der Waals surface area contributed by atoms with Crippen molar-refractivity contribution < 1.29 is 19.0 Å². The van der Waals surface area contributed by atoms with Gasteiger partial charge in [-0.15, -0.1) is 0 Å². The average Bonchev–Trinajstić information content (AvgIpc) is 2.27. The highest BCUT2D eigenvalue weighted by Crippen LogP contribution is 2.37.